The molecule has 0 atom stereocenters. The largest absolute Gasteiger partial charge is 0.361 e. The van der Waals surface area contributed by atoms with Crippen LogP contribution in [0.25, 0.3) is 0 Å². The molecule has 0 spiro atoms. The molecule has 0 aromatic carbocycles. The van der Waals surface area contributed by atoms with Gasteiger partial charge in [0.2, 0.25) is 11.9 Å². The second-order valence-corrected chi connectivity index (χ2v) is 2.93. The van der Waals surface area contributed by atoms with Crippen LogP contribution in [-0.4, -0.2) is 29.0 Å². The fourth-order valence-electron chi connectivity index (χ4n) is 0.928. The third-order valence-electron chi connectivity index (χ3n) is 1.64. The fraction of sp³-hybridized carbons (Fsp3) is 0.444. The number of halogens is 1. The Morgan fingerprint density at radius 2 is 2.33 bits per heavy atom. The van der Waals surface area contributed by atoms with E-state index in [1.165, 1.54) is 0 Å². The summed E-state index contributed by atoms with van der Waals surface area (Å²) in [6.45, 7) is 2.68. The second kappa shape index (κ2) is 5.90. The van der Waals surface area contributed by atoms with E-state index in [1.54, 1.807) is 0 Å². The third-order valence-corrected chi connectivity index (χ3v) is 1.64. The summed E-state index contributed by atoms with van der Waals surface area (Å²) in [7, 11) is 0. The zero-order valence-electron chi connectivity index (χ0n) is 8.46. The van der Waals surface area contributed by atoms with Crippen molar-refractivity contribution in [2.75, 3.05) is 18.4 Å². The van der Waals surface area contributed by atoms with Crippen LogP contribution in [0.4, 0.5) is 10.2 Å². The van der Waals surface area contributed by atoms with Gasteiger partial charge in [0.15, 0.2) is 0 Å². The van der Waals surface area contributed by atoms with Gasteiger partial charge < -0.3 is 10.6 Å². The van der Waals surface area contributed by atoms with Crippen molar-refractivity contribution in [1.29, 1.82) is 0 Å². The summed E-state index contributed by atoms with van der Waals surface area (Å²) in [4.78, 5) is 18.2. The number of anilines is 1. The van der Waals surface area contributed by atoms with Gasteiger partial charge in [-0.2, -0.15) is 4.39 Å². The van der Waals surface area contributed by atoms with E-state index in [-0.39, 0.29) is 12.5 Å². The zero-order valence-corrected chi connectivity index (χ0v) is 8.46. The normalized spacial score (nSPS) is 9.73. The first-order valence-corrected chi connectivity index (χ1v) is 4.70. The van der Waals surface area contributed by atoms with Gasteiger partial charge in [-0.05, 0) is 6.42 Å². The highest BCUT2D eigenvalue weighted by Crippen LogP contribution is 2.00. The summed E-state index contributed by atoms with van der Waals surface area (Å²) in [6.07, 6.45) is 1.98. The molecule has 0 unspecified atom stereocenters. The molecule has 15 heavy (non-hydrogen) atoms. The van der Waals surface area contributed by atoms with Crippen LogP contribution in [0.5, 0.6) is 0 Å². The molecule has 0 saturated heterocycles. The smallest absolute Gasteiger partial charge is 0.239 e. The molecule has 6 heteroatoms. The quantitative estimate of drug-likeness (QED) is 0.700. The minimum Gasteiger partial charge on any atom is -0.361 e. The Morgan fingerprint density at radius 3 is 3.00 bits per heavy atom. The van der Waals surface area contributed by atoms with Gasteiger partial charge in [-0.25, -0.2) is 9.97 Å². The molecule has 1 aromatic heterocycles. The van der Waals surface area contributed by atoms with Crippen molar-refractivity contribution in [3.05, 3.63) is 18.3 Å². The Kier molecular flexibility index (Phi) is 4.46. The Hall–Kier alpha value is -1.72. The lowest BCUT2D eigenvalue weighted by atomic mass is 10.4. The number of aromatic nitrogens is 2. The molecule has 82 valence electrons. The van der Waals surface area contributed by atoms with Gasteiger partial charge >= 0.3 is 0 Å². The highest BCUT2D eigenvalue weighted by atomic mass is 19.1. The van der Waals surface area contributed by atoms with Crippen LogP contribution in [-0.2, 0) is 4.79 Å². The van der Waals surface area contributed by atoms with Gasteiger partial charge in [0.05, 0.1) is 6.54 Å². The lowest BCUT2D eigenvalue weighted by Crippen LogP contribution is -2.30. The minimum atomic E-state index is -0.624. The Morgan fingerprint density at radius 1 is 1.53 bits per heavy atom. The van der Waals surface area contributed by atoms with E-state index in [9.17, 15) is 9.18 Å². The molecule has 0 bridgehead atoms. The minimum absolute atomic E-state index is 0.0798. The number of rotatable bonds is 5. The van der Waals surface area contributed by atoms with Crippen molar-refractivity contribution in [1.82, 2.24) is 15.3 Å². The first kappa shape index (κ1) is 11.4. The van der Waals surface area contributed by atoms with E-state index < -0.39 is 5.95 Å². The molecule has 2 N–H and O–H groups in total. The van der Waals surface area contributed by atoms with Gasteiger partial charge in [0.1, 0.15) is 12.1 Å². The van der Waals surface area contributed by atoms with Crippen LogP contribution in [0, 0.1) is 5.95 Å². The lowest BCUT2D eigenvalue weighted by Gasteiger charge is -2.05. The van der Waals surface area contributed by atoms with E-state index in [0.29, 0.717) is 12.4 Å². The van der Waals surface area contributed by atoms with E-state index in [4.69, 9.17) is 0 Å². The molecule has 1 heterocycles. The summed E-state index contributed by atoms with van der Waals surface area (Å²) in [5, 5.41) is 5.37. The molecule has 0 aliphatic carbocycles. The first-order valence-electron chi connectivity index (χ1n) is 4.70. The van der Waals surface area contributed by atoms with Gasteiger partial charge in [-0.1, -0.05) is 6.92 Å². The maximum Gasteiger partial charge on any atom is 0.239 e. The summed E-state index contributed by atoms with van der Waals surface area (Å²) >= 11 is 0. The van der Waals surface area contributed by atoms with Crippen molar-refractivity contribution in [2.24, 2.45) is 0 Å². The molecule has 0 aliphatic rings. The third kappa shape index (κ3) is 4.35. The number of hydrogen-bond acceptors (Lipinski definition) is 4. The summed E-state index contributed by atoms with van der Waals surface area (Å²) in [6, 6.07) is 1.13. The maximum atomic E-state index is 12.6. The highest BCUT2D eigenvalue weighted by Gasteiger charge is 2.01. The molecule has 0 saturated carbocycles. The molecular weight excluding hydrogens is 199 g/mol. The predicted molar refractivity (Wildman–Crippen MR) is 53.8 cm³/mol. The van der Waals surface area contributed by atoms with Crippen LogP contribution < -0.4 is 10.6 Å². The van der Waals surface area contributed by atoms with Crippen molar-refractivity contribution < 1.29 is 9.18 Å². The Bertz CT molecular complexity index is 332. The van der Waals surface area contributed by atoms with Crippen LogP contribution in [0.3, 0.4) is 0 Å². The number of carbonyl (C=O) groups is 1. The van der Waals surface area contributed by atoms with E-state index in [1.807, 2.05) is 6.92 Å². The lowest BCUT2D eigenvalue weighted by molar-refractivity contribution is -0.119. The number of nitrogens with one attached hydrogen (secondary N) is 2. The summed E-state index contributed by atoms with van der Waals surface area (Å²) in [5.74, 6) is -0.466. The van der Waals surface area contributed by atoms with Crippen LogP contribution >= 0.6 is 0 Å². The number of amides is 1. The van der Waals surface area contributed by atoms with Crippen molar-refractivity contribution in [2.45, 2.75) is 13.3 Å². The number of carbonyl (C=O) groups excluding carboxylic acids is 1. The van der Waals surface area contributed by atoms with Gasteiger partial charge in [0, 0.05) is 12.6 Å². The van der Waals surface area contributed by atoms with Gasteiger partial charge in [0.25, 0.3) is 0 Å². The molecule has 0 radical (unpaired) electrons. The van der Waals surface area contributed by atoms with Crippen molar-refractivity contribution in [3.63, 3.8) is 0 Å². The highest BCUT2D eigenvalue weighted by molar-refractivity contribution is 5.80. The van der Waals surface area contributed by atoms with Crippen LogP contribution in [0.2, 0.25) is 0 Å². The van der Waals surface area contributed by atoms with Crippen LogP contribution in [0.1, 0.15) is 13.3 Å². The SMILES string of the molecule is CCCNC(=O)CNc1cc(F)ncn1. The molecule has 0 fully saturated rings. The fourth-order valence-corrected chi connectivity index (χ4v) is 0.928. The molecule has 1 aromatic rings. The number of nitrogens with zero attached hydrogens (tertiary/aromatic N) is 2. The van der Waals surface area contributed by atoms with Crippen molar-refractivity contribution >= 4 is 11.7 Å². The van der Waals surface area contributed by atoms with Gasteiger partial charge in [-0.3, -0.25) is 4.79 Å². The van der Waals surface area contributed by atoms with E-state index in [2.05, 4.69) is 20.6 Å². The zero-order chi connectivity index (χ0) is 11.1. The average Bonchev–Trinajstić information content (AvgIpc) is 2.23. The summed E-state index contributed by atoms with van der Waals surface area (Å²) < 4.78 is 12.6. The Labute approximate surface area is 87.1 Å². The topological polar surface area (TPSA) is 66.9 Å². The molecular formula is C9H13FN4O. The van der Waals surface area contributed by atoms with E-state index in [0.717, 1.165) is 18.8 Å². The predicted octanol–water partition coefficient (Wildman–Crippen LogP) is 0.554. The van der Waals surface area contributed by atoms with Crippen LogP contribution in [0.15, 0.2) is 12.4 Å². The maximum absolute atomic E-state index is 12.6. The second-order valence-electron chi connectivity index (χ2n) is 2.93. The van der Waals surface area contributed by atoms with E-state index >= 15 is 0 Å². The molecule has 5 nitrogen and oxygen atoms in total. The average molecular weight is 212 g/mol. The molecule has 0 aliphatic heterocycles. The standard InChI is InChI=1S/C9H13FN4O/c1-2-3-11-9(15)5-12-8-4-7(10)13-6-14-8/h4,6H,2-3,5H2,1H3,(H,11,15)(H,12,13,14). The Balaban J connectivity index is 2.33. The summed E-state index contributed by atoms with van der Waals surface area (Å²) in [5.41, 5.74) is 0. The number of hydrogen-bond donors (Lipinski definition) is 2. The first-order chi connectivity index (χ1) is 7.22. The monoisotopic (exact) mass is 212 g/mol. The molecule has 1 rings (SSSR count). The van der Waals surface area contributed by atoms with Gasteiger partial charge in [-0.15, -0.1) is 0 Å². The molecule has 1 amide bonds. The van der Waals surface area contributed by atoms with Crippen molar-refractivity contribution in [3.8, 4) is 0 Å².